The van der Waals surface area contributed by atoms with E-state index in [9.17, 15) is 10.2 Å². The fraction of sp³-hybridized carbons (Fsp3) is 0.455. The van der Waals surface area contributed by atoms with Crippen LogP contribution in [0.2, 0.25) is 5.02 Å². The molecular weight excluding hydrogens is 346 g/mol. The van der Waals surface area contributed by atoms with Gasteiger partial charge in [-0.1, -0.05) is 53.6 Å². The lowest BCUT2D eigenvalue weighted by Crippen LogP contribution is -2.42. The van der Waals surface area contributed by atoms with Crippen LogP contribution in [0, 0.1) is 6.92 Å². The van der Waals surface area contributed by atoms with E-state index < -0.39 is 11.7 Å². The van der Waals surface area contributed by atoms with Crippen LogP contribution in [-0.4, -0.2) is 34.7 Å². The Labute approximate surface area is 161 Å². The fourth-order valence-electron chi connectivity index (χ4n) is 3.66. The van der Waals surface area contributed by atoms with E-state index in [2.05, 4.69) is 11.8 Å². The summed E-state index contributed by atoms with van der Waals surface area (Å²) in [5, 5.41) is 21.9. The summed E-state index contributed by atoms with van der Waals surface area (Å²) in [4.78, 5) is 2.38. The molecule has 1 heterocycles. The molecule has 1 unspecified atom stereocenters. The van der Waals surface area contributed by atoms with E-state index in [1.807, 2.05) is 48.5 Å². The first-order chi connectivity index (χ1) is 12.5. The number of aryl methyl sites for hydroxylation is 1. The summed E-state index contributed by atoms with van der Waals surface area (Å²) in [6, 6.07) is 15.6. The molecule has 0 bridgehead atoms. The largest absolute Gasteiger partial charge is 0.388 e. The number of hydrogen-bond acceptors (Lipinski definition) is 3. The van der Waals surface area contributed by atoms with Gasteiger partial charge in [-0.05, 0) is 62.4 Å². The summed E-state index contributed by atoms with van der Waals surface area (Å²) in [7, 11) is 0. The van der Waals surface area contributed by atoms with Gasteiger partial charge in [0.2, 0.25) is 0 Å². The minimum absolute atomic E-state index is 0.397. The molecule has 1 fully saturated rings. The lowest BCUT2D eigenvalue weighted by atomic mass is 9.84. The molecule has 26 heavy (non-hydrogen) atoms. The first kappa shape index (κ1) is 19.4. The van der Waals surface area contributed by atoms with Gasteiger partial charge in [0.1, 0.15) is 0 Å². The third kappa shape index (κ3) is 4.86. The number of hydrogen-bond donors (Lipinski definition) is 2. The van der Waals surface area contributed by atoms with Gasteiger partial charge < -0.3 is 15.1 Å². The maximum absolute atomic E-state index is 10.9. The van der Waals surface area contributed by atoms with Gasteiger partial charge in [-0.15, -0.1) is 0 Å². The lowest BCUT2D eigenvalue weighted by molar-refractivity contribution is -0.0266. The maximum atomic E-state index is 10.9. The second kappa shape index (κ2) is 8.53. The number of benzene rings is 2. The summed E-state index contributed by atoms with van der Waals surface area (Å²) in [5.74, 6) is 0. The maximum Gasteiger partial charge on any atom is 0.0920 e. The van der Waals surface area contributed by atoms with Crippen molar-refractivity contribution in [2.45, 2.75) is 44.3 Å². The lowest BCUT2D eigenvalue weighted by Gasteiger charge is -2.38. The minimum Gasteiger partial charge on any atom is -0.388 e. The quantitative estimate of drug-likeness (QED) is 0.786. The third-order valence-corrected chi connectivity index (χ3v) is 5.73. The highest BCUT2D eigenvalue weighted by Gasteiger charge is 2.33. The first-order valence-corrected chi connectivity index (χ1v) is 9.79. The molecule has 0 aliphatic carbocycles. The van der Waals surface area contributed by atoms with Crippen LogP contribution in [0.25, 0.3) is 0 Å². The van der Waals surface area contributed by atoms with Gasteiger partial charge in [-0.2, -0.15) is 0 Å². The van der Waals surface area contributed by atoms with Crippen LogP contribution in [0.1, 0.15) is 48.5 Å². The highest BCUT2D eigenvalue weighted by Crippen LogP contribution is 2.33. The molecule has 2 aromatic rings. The highest BCUT2D eigenvalue weighted by atomic mass is 35.5. The third-order valence-electron chi connectivity index (χ3n) is 5.48. The molecule has 0 saturated carbocycles. The Bertz CT molecular complexity index is 691. The Morgan fingerprint density at radius 2 is 1.65 bits per heavy atom. The van der Waals surface area contributed by atoms with Gasteiger partial charge in [0.25, 0.3) is 0 Å². The molecule has 0 spiro atoms. The average molecular weight is 374 g/mol. The zero-order valence-corrected chi connectivity index (χ0v) is 16.1. The zero-order valence-electron chi connectivity index (χ0n) is 15.4. The highest BCUT2D eigenvalue weighted by molar-refractivity contribution is 6.30. The van der Waals surface area contributed by atoms with Gasteiger partial charge in [0, 0.05) is 18.1 Å². The van der Waals surface area contributed by atoms with Crippen molar-refractivity contribution in [2.24, 2.45) is 0 Å². The Balaban J connectivity index is 1.44. The number of piperidine rings is 1. The molecule has 0 radical (unpaired) electrons. The number of aliphatic hydroxyl groups excluding tert-OH is 1. The minimum atomic E-state index is -0.748. The van der Waals surface area contributed by atoms with Crippen molar-refractivity contribution in [1.29, 1.82) is 0 Å². The fourth-order valence-corrected chi connectivity index (χ4v) is 3.78. The summed E-state index contributed by atoms with van der Waals surface area (Å²) in [6.07, 6.45) is 2.78. The van der Waals surface area contributed by atoms with Crippen LogP contribution in [0.5, 0.6) is 0 Å². The predicted molar refractivity (Wildman–Crippen MR) is 106 cm³/mol. The predicted octanol–water partition coefficient (Wildman–Crippen LogP) is 4.45. The van der Waals surface area contributed by atoms with Crippen molar-refractivity contribution >= 4 is 11.6 Å². The van der Waals surface area contributed by atoms with E-state index >= 15 is 0 Å². The van der Waals surface area contributed by atoms with Crippen LogP contribution in [-0.2, 0) is 5.60 Å². The molecule has 3 rings (SSSR count). The second-order valence-electron chi connectivity index (χ2n) is 7.45. The van der Waals surface area contributed by atoms with E-state index in [-0.39, 0.29) is 0 Å². The molecular formula is C22H28ClNO2. The topological polar surface area (TPSA) is 43.7 Å². The Kier molecular flexibility index (Phi) is 6.36. The summed E-state index contributed by atoms with van der Waals surface area (Å²) in [5.41, 5.74) is 2.41. The molecule has 1 aliphatic rings. The Hall–Kier alpha value is -1.39. The Morgan fingerprint density at radius 1 is 1.04 bits per heavy atom. The second-order valence-corrected chi connectivity index (χ2v) is 7.89. The Morgan fingerprint density at radius 3 is 2.27 bits per heavy atom. The van der Waals surface area contributed by atoms with E-state index in [4.69, 9.17) is 11.6 Å². The SMILES string of the molecule is Cc1ccc(C(O)CCCN2CCC(O)(c3ccc(Cl)cc3)CC2)cc1. The molecule has 140 valence electrons. The molecule has 2 aromatic carbocycles. The number of nitrogens with zero attached hydrogens (tertiary/aromatic N) is 1. The molecule has 1 saturated heterocycles. The van der Waals surface area contributed by atoms with Gasteiger partial charge in [-0.3, -0.25) is 0 Å². The monoisotopic (exact) mass is 373 g/mol. The van der Waals surface area contributed by atoms with E-state index in [1.165, 1.54) is 5.56 Å². The molecule has 1 aliphatic heterocycles. The van der Waals surface area contributed by atoms with Gasteiger partial charge in [0.15, 0.2) is 0 Å². The number of halogens is 1. The van der Waals surface area contributed by atoms with Crippen molar-refractivity contribution in [3.05, 3.63) is 70.2 Å². The van der Waals surface area contributed by atoms with Crippen molar-refractivity contribution in [3.63, 3.8) is 0 Å². The van der Waals surface area contributed by atoms with Crippen LogP contribution in [0.3, 0.4) is 0 Å². The normalized spacial score (nSPS) is 18.6. The van der Waals surface area contributed by atoms with Crippen molar-refractivity contribution in [2.75, 3.05) is 19.6 Å². The molecule has 0 amide bonds. The molecule has 0 aromatic heterocycles. The van der Waals surface area contributed by atoms with Crippen molar-refractivity contribution in [1.82, 2.24) is 4.90 Å². The number of rotatable bonds is 6. The first-order valence-electron chi connectivity index (χ1n) is 9.42. The van der Waals surface area contributed by atoms with Crippen LogP contribution >= 0.6 is 11.6 Å². The van der Waals surface area contributed by atoms with E-state index in [1.54, 1.807) is 0 Å². The van der Waals surface area contributed by atoms with Crippen molar-refractivity contribution in [3.8, 4) is 0 Å². The van der Waals surface area contributed by atoms with Crippen molar-refractivity contribution < 1.29 is 10.2 Å². The standard InChI is InChI=1S/C22H28ClNO2/c1-17-4-6-18(7-5-17)21(25)3-2-14-24-15-12-22(26,13-16-24)19-8-10-20(23)11-9-19/h4-11,21,25-26H,2-3,12-16H2,1H3. The number of aliphatic hydroxyl groups is 2. The number of likely N-dealkylation sites (tertiary alicyclic amines) is 1. The van der Waals surface area contributed by atoms with Crippen LogP contribution in [0.4, 0.5) is 0 Å². The van der Waals surface area contributed by atoms with Gasteiger partial charge in [0.05, 0.1) is 11.7 Å². The van der Waals surface area contributed by atoms with Gasteiger partial charge >= 0.3 is 0 Å². The van der Waals surface area contributed by atoms with Crippen LogP contribution in [0.15, 0.2) is 48.5 Å². The zero-order chi connectivity index (χ0) is 18.6. The summed E-state index contributed by atoms with van der Waals surface area (Å²) < 4.78 is 0. The molecule has 3 nitrogen and oxygen atoms in total. The summed E-state index contributed by atoms with van der Waals surface area (Å²) in [6.45, 7) is 4.76. The molecule has 2 N–H and O–H groups in total. The summed E-state index contributed by atoms with van der Waals surface area (Å²) >= 11 is 5.94. The van der Waals surface area contributed by atoms with E-state index in [0.29, 0.717) is 5.02 Å². The average Bonchev–Trinajstić information content (AvgIpc) is 2.64. The smallest absolute Gasteiger partial charge is 0.0920 e. The molecule has 1 atom stereocenters. The van der Waals surface area contributed by atoms with Gasteiger partial charge in [-0.25, -0.2) is 0 Å². The molecule has 4 heteroatoms. The van der Waals surface area contributed by atoms with E-state index in [0.717, 1.165) is 56.4 Å². The van der Waals surface area contributed by atoms with Crippen LogP contribution < -0.4 is 0 Å².